The Bertz CT molecular complexity index is 506. The minimum atomic E-state index is -1.45. The highest BCUT2D eigenvalue weighted by Crippen LogP contribution is 2.34. The number of hydrogen-bond donors (Lipinski definition) is 4. The Hall–Kier alpha value is -0.650. The summed E-state index contributed by atoms with van der Waals surface area (Å²) in [5.74, 6) is 0. The van der Waals surface area contributed by atoms with E-state index >= 15 is 0 Å². The van der Waals surface area contributed by atoms with E-state index in [1.807, 2.05) is 18.2 Å². The van der Waals surface area contributed by atoms with Crippen LogP contribution in [0.5, 0.6) is 0 Å². The van der Waals surface area contributed by atoms with Gasteiger partial charge in [0.1, 0.15) is 29.4 Å². The van der Waals surface area contributed by atoms with Crippen molar-refractivity contribution < 1.29 is 29.9 Å². The minimum absolute atomic E-state index is 0.107. The van der Waals surface area contributed by atoms with Gasteiger partial charge in [-0.2, -0.15) is 0 Å². The highest BCUT2D eigenvalue weighted by atomic mass is 33.1. The third-order valence-electron chi connectivity index (χ3n) is 3.43. The highest BCUT2D eigenvalue weighted by molar-refractivity contribution is 8.77. The first kappa shape index (κ1) is 19.7. The lowest BCUT2D eigenvalue weighted by atomic mass is 9.99. The lowest BCUT2D eigenvalue weighted by molar-refractivity contribution is -0.300. The van der Waals surface area contributed by atoms with Crippen LogP contribution >= 0.6 is 21.6 Å². The molecule has 0 saturated carbocycles. The molecule has 3 unspecified atom stereocenters. The van der Waals surface area contributed by atoms with E-state index in [1.165, 1.54) is 21.6 Å². The zero-order chi connectivity index (χ0) is 17.5. The number of hydrogen-bond acceptors (Lipinski definition) is 9. The predicted molar refractivity (Wildman–Crippen MR) is 91.4 cm³/mol. The molecule has 0 radical (unpaired) electrons. The fourth-order valence-electron chi connectivity index (χ4n) is 2.04. The summed E-state index contributed by atoms with van der Waals surface area (Å²) in [4.78, 5) is 4.20. The highest BCUT2D eigenvalue weighted by Gasteiger charge is 2.44. The summed E-state index contributed by atoms with van der Waals surface area (Å²) in [6, 6.07) is 5.61. The summed E-state index contributed by atoms with van der Waals surface area (Å²) >= 11 is 0. The third kappa shape index (κ3) is 5.17. The number of rotatable bonds is 8. The summed E-state index contributed by atoms with van der Waals surface area (Å²) in [5, 5.41) is 39.3. The van der Waals surface area contributed by atoms with Crippen molar-refractivity contribution in [2.24, 2.45) is 0 Å². The maximum absolute atomic E-state index is 9.93. The van der Waals surface area contributed by atoms with E-state index in [9.17, 15) is 15.3 Å². The van der Waals surface area contributed by atoms with Gasteiger partial charge in [-0.25, -0.2) is 4.98 Å². The molecule has 0 aliphatic carbocycles. The van der Waals surface area contributed by atoms with Gasteiger partial charge < -0.3 is 29.9 Å². The van der Waals surface area contributed by atoms with Gasteiger partial charge in [-0.15, -0.1) is 6.58 Å². The van der Waals surface area contributed by atoms with Crippen molar-refractivity contribution in [1.82, 2.24) is 4.98 Å². The lowest BCUT2D eigenvalue weighted by Crippen LogP contribution is -2.59. The van der Waals surface area contributed by atoms with Gasteiger partial charge >= 0.3 is 0 Å². The van der Waals surface area contributed by atoms with Gasteiger partial charge in [0.15, 0.2) is 6.29 Å². The molecule has 134 valence electrons. The molecule has 0 bridgehead atoms. The van der Waals surface area contributed by atoms with Crippen molar-refractivity contribution in [2.45, 2.75) is 41.0 Å². The van der Waals surface area contributed by atoms with E-state index in [2.05, 4.69) is 11.6 Å². The average molecular weight is 375 g/mol. The molecule has 6 atom stereocenters. The largest absolute Gasteiger partial charge is 0.394 e. The normalized spacial score (nSPS) is 31.6. The maximum atomic E-state index is 9.93. The Kier molecular flexibility index (Phi) is 7.98. The molecule has 0 spiro atoms. The molecule has 1 fully saturated rings. The van der Waals surface area contributed by atoms with Crippen LogP contribution in [0.15, 0.2) is 42.1 Å². The Morgan fingerprint density at radius 1 is 1.29 bits per heavy atom. The molecule has 4 N–H and O–H groups in total. The monoisotopic (exact) mass is 375 g/mol. The SMILES string of the molecule is C=CC(CO[C@@H]1OC(CO)[C@H](O)[C@H](O)C1O)SSc1ccccn1. The minimum Gasteiger partial charge on any atom is -0.394 e. The molecular formula is C15H21NO6S2. The Balaban J connectivity index is 1.84. The summed E-state index contributed by atoms with van der Waals surface area (Å²) in [5.41, 5.74) is 0. The van der Waals surface area contributed by atoms with E-state index in [-0.39, 0.29) is 11.9 Å². The van der Waals surface area contributed by atoms with Crippen LogP contribution in [0.2, 0.25) is 0 Å². The van der Waals surface area contributed by atoms with Crippen molar-refractivity contribution >= 4 is 21.6 Å². The molecule has 1 aliphatic heterocycles. The quantitative estimate of drug-likeness (QED) is 0.374. The molecule has 0 aromatic carbocycles. The van der Waals surface area contributed by atoms with Crippen LogP contribution in [0.4, 0.5) is 0 Å². The summed E-state index contributed by atoms with van der Waals surface area (Å²) in [6.07, 6.45) is -2.95. The predicted octanol–water partition coefficient (Wildman–Crippen LogP) is 0.193. The van der Waals surface area contributed by atoms with Crippen LogP contribution in [-0.4, -0.2) is 74.6 Å². The second kappa shape index (κ2) is 9.73. The average Bonchev–Trinajstić information content (AvgIpc) is 2.62. The summed E-state index contributed by atoms with van der Waals surface area (Å²) in [7, 11) is 2.95. The van der Waals surface area contributed by atoms with Crippen LogP contribution in [0, 0.1) is 0 Å². The number of aliphatic hydroxyl groups excluding tert-OH is 4. The van der Waals surface area contributed by atoms with Gasteiger partial charge in [0.2, 0.25) is 0 Å². The van der Waals surface area contributed by atoms with Crippen LogP contribution in [-0.2, 0) is 9.47 Å². The third-order valence-corrected chi connectivity index (χ3v) is 6.06. The van der Waals surface area contributed by atoms with Crippen LogP contribution < -0.4 is 0 Å². The van der Waals surface area contributed by atoms with E-state index in [1.54, 1.807) is 12.3 Å². The standard InChI is InChI=1S/C15H21NO6S2/c1-2-9(23-24-11-5-3-4-6-16-11)8-21-15-14(20)13(19)12(18)10(7-17)22-15/h2-6,9-10,12-15,17-20H,1,7-8H2/t9?,10?,12-,13-,14?,15+/m0/s1. The van der Waals surface area contributed by atoms with Crippen molar-refractivity contribution in [3.05, 3.63) is 37.1 Å². The zero-order valence-corrected chi connectivity index (χ0v) is 14.5. The fourth-order valence-corrected chi connectivity index (χ4v) is 4.07. The maximum Gasteiger partial charge on any atom is 0.186 e. The Morgan fingerprint density at radius 3 is 2.71 bits per heavy atom. The number of ether oxygens (including phenoxy) is 2. The first-order chi connectivity index (χ1) is 11.6. The molecule has 1 aliphatic rings. The van der Waals surface area contributed by atoms with Crippen molar-refractivity contribution in [3.8, 4) is 0 Å². The zero-order valence-electron chi connectivity index (χ0n) is 12.8. The fraction of sp³-hybridized carbons (Fsp3) is 0.533. The molecular weight excluding hydrogens is 354 g/mol. The Labute approximate surface area is 148 Å². The van der Waals surface area contributed by atoms with Crippen molar-refractivity contribution in [1.29, 1.82) is 0 Å². The van der Waals surface area contributed by atoms with E-state index in [0.717, 1.165) is 5.03 Å². The lowest BCUT2D eigenvalue weighted by Gasteiger charge is -2.39. The Morgan fingerprint density at radius 2 is 2.08 bits per heavy atom. The van der Waals surface area contributed by atoms with Crippen LogP contribution in [0.25, 0.3) is 0 Å². The number of aromatic nitrogens is 1. The topological polar surface area (TPSA) is 112 Å². The number of pyridine rings is 1. The summed E-state index contributed by atoms with van der Waals surface area (Å²) < 4.78 is 10.8. The molecule has 1 aromatic rings. The first-order valence-corrected chi connectivity index (χ1v) is 9.57. The first-order valence-electron chi connectivity index (χ1n) is 7.35. The molecule has 2 rings (SSSR count). The summed E-state index contributed by atoms with van der Waals surface area (Å²) in [6.45, 7) is 3.44. The molecule has 1 aromatic heterocycles. The second-order valence-electron chi connectivity index (χ2n) is 5.15. The van der Waals surface area contributed by atoms with Gasteiger partial charge in [0.25, 0.3) is 0 Å². The molecule has 24 heavy (non-hydrogen) atoms. The second-order valence-corrected chi connectivity index (χ2v) is 7.61. The van der Waals surface area contributed by atoms with E-state index in [0.29, 0.717) is 0 Å². The van der Waals surface area contributed by atoms with E-state index < -0.39 is 37.3 Å². The van der Waals surface area contributed by atoms with Crippen molar-refractivity contribution in [2.75, 3.05) is 13.2 Å². The molecule has 0 amide bonds. The van der Waals surface area contributed by atoms with E-state index in [4.69, 9.17) is 14.6 Å². The van der Waals surface area contributed by atoms with Gasteiger partial charge in [0.05, 0.1) is 18.5 Å². The van der Waals surface area contributed by atoms with Crippen molar-refractivity contribution in [3.63, 3.8) is 0 Å². The van der Waals surface area contributed by atoms with Gasteiger partial charge in [0, 0.05) is 6.20 Å². The van der Waals surface area contributed by atoms with Gasteiger partial charge in [-0.05, 0) is 22.9 Å². The van der Waals surface area contributed by atoms with Crippen LogP contribution in [0.3, 0.4) is 0 Å². The molecule has 7 nitrogen and oxygen atoms in total. The molecule has 1 saturated heterocycles. The number of nitrogens with zero attached hydrogens (tertiary/aromatic N) is 1. The van der Waals surface area contributed by atoms with Gasteiger partial charge in [-0.1, -0.05) is 22.9 Å². The molecule has 9 heteroatoms. The molecule has 2 heterocycles. The van der Waals surface area contributed by atoms with Gasteiger partial charge in [-0.3, -0.25) is 0 Å². The van der Waals surface area contributed by atoms with Crippen LogP contribution in [0.1, 0.15) is 0 Å². The smallest absolute Gasteiger partial charge is 0.186 e. The number of aliphatic hydroxyl groups is 4.